The fourth-order valence-corrected chi connectivity index (χ4v) is 1.49. The van der Waals surface area contributed by atoms with E-state index in [1.807, 2.05) is 6.07 Å². The van der Waals surface area contributed by atoms with Crippen LogP contribution in [0.25, 0.3) is 6.08 Å². The first-order valence-corrected chi connectivity index (χ1v) is 5.40. The van der Waals surface area contributed by atoms with Crippen LogP contribution in [0.5, 0.6) is 0 Å². The molecule has 1 rings (SSSR count). The maximum Gasteiger partial charge on any atom is 0.0247 e. The second-order valence-electron chi connectivity index (χ2n) is 3.55. The van der Waals surface area contributed by atoms with Crippen LogP contribution in [0.2, 0.25) is 0 Å². The fourth-order valence-electron chi connectivity index (χ4n) is 1.08. The monoisotopic (exact) mass is 238 g/mol. The first-order valence-electron chi connectivity index (χ1n) is 4.61. The average molecular weight is 239 g/mol. The number of hydrogen-bond donors (Lipinski definition) is 0. The number of rotatable bonds is 3. The Labute approximate surface area is 88.8 Å². The largest absolute Gasteiger partial charge is 0.0836 e. The zero-order valence-corrected chi connectivity index (χ0v) is 9.71. The highest BCUT2D eigenvalue weighted by atomic mass is 79.9. The van der Waals surface area contributed by atoms with E-state index in [1.54, 1.807) is 0 Å². The summed E-state index contributed by atoms with van der Waals surface area (Å²) in [5.41, 5.74) is 1.25. The molecule has 0 heterocycles. The van der Waals surface area contributed by atoms with Crippen LogP contribution in [0.1, 0.15) is 25.8 Å². The lowest BCUT2D eigenvalue weighted by atomic mass is 10.1. The summed E-state index contributed by atoms with van der Waals surface area (Å²) in [6.07, 6.45) is 5.54. The van der Waals surface area contributed by atoms with Crippen LogP contribution in [0.15, 0.2) is 34.8 Å². The number of hydrogen-bond acceptors (Lipinski definition) is 0. The molecule has 13 heavy (non-hydrogen) atoms. The molecule has 1 aromatic rings. The summed E-state index contributed by atoms with van der Waals surface area (Å²) in [7, 11) is 0. The van der Waals surface area contributed by atoms with E-state index in [0.29, 0.717) is 0 Å². The van der Waals surface area contributed by atoms with Gasteiger partial charge in [-0.1, -0.05) is 60.1 Å². The van der Waals surface area contributed by atoms with E-state index in [4.69, 9.17) is 0 Å². The standard InChI is InChI=1S/C12H15Br/c1-10(2)6-5-8-11-7-3-4-9-12(11)13/h3-5,7-10H,6H2,1-2H3/b8-5+. The molecule has 0 aliphatic rings. The number of halogens is 1. The minimum atomic E-state index is 0.735. The molecular weight excluding hydrogens is 224 g/mol. The van der Waals surface area contributed by atoms with E-state index in [2.05, 4.69) is 60.1 Å². The topological polar surface area (TPSA) is 0 Å². The normalized spacial score (nSPS) is 11.4. The van der Waals surface area contributed by atoms with E-state index in [9.17, 15) is 0 Å². The molecule has 1 aromatic carbocycles. The molecule has 70 valence electrons. The van der Waals surface area contributed by atoms with Crippen molar-refractivity contribution in [3.8, 4) is 0 Å². The van der Waals surface area contributed by atoms with E-state index in [1.165, 1.54) is 5.56 Å². The predicted molar refractivity (Wildman–Crippen MR) is 62.6 cm³/mol. The third-order valence-electron chi connectivity index (χ3n) is 1.81. The molecule has 0 N–H and O–H groups in total. The van der Waals surface area contributed by atoms with Crippen LogP contribution in [-0.4, -0.2) is 0 Å². The highest BCUT2D eigenvalue weighted by Gasteiger charge is 1.92. The van der Waals surface area contributed by atoms with Gasteiger partial charge in [-0.2, -0.15) is 0 Å². The highest BCUT2D eigenvalue weighted by Crippen LogP contribution is 2.17. The second-order valence-corrected chi connectivity index (χ2v) is 4.41. The van der Waals surface area contributed by atoms with Crippen LogP contribution in [0.4, 0.5) is 0 Å². The Morgan fingerprint density at radius 2 is 2.00 bits per heavy atom. The van der Waals surface area contributed by atoms with Gasteiger partial charge in [0, 0.05) is 4.47 Å². The SMILES string of the molecule is CC(C)C/C=C/c1ccccc1Br. The lowest BCUT2D eigenvalue weighted by Crippen LogP contribution is -1.81. The number of benzene rings is 1. The molecule has 0 bridgehead atoms. The van der Waals surface area contributed by atoms with E-state index < -0.39 is 0 Å². The third-order valence-corrected chi connectivity index (χ3v) is 2.53. The summed E-state index contributed by atoms with van der Waals surface area (Å²) < 4.78 is 1.16. The molecule has 0 nitrogen and oxygen atoms in total. The van der Waals surface area contributed by atoms with Gasteiger partial charge in [0.25, 0.3) is 0 Å². The second kappa shape index (κ2) is 5.23. The van der Waals surface area contributed by atoms with Gasteiger partial charge in [0.15, 0.2) is 0 Å². The summed E-state index contributed by atoms with van der Waals surface area (Å²) >= 11 is 3.51. The van der Waals surface area contributed by atoms with Crippen molar-refractivity contribution >= 4 is 22.0 Å². The third kappa shape index (κ3) is 3.77. The first-order chi connectivity index (χ1) is 6.20. The van der Waals surface area contributed by atoms with Crippen molar-refractivity contribution in [2.24, 2.45) is 5.92 Å². The summed E-state index contributed by atoms with van der Waals surface area (Å²) in [6.45, 7) is 4.45. The van der Waals surface area contributed by atoms with E-state index in [-0.39, 0.29) is 0 Å². The van der Waals surface area contributed by atoms with Crippen molar-refractivity contribution in [3.63, 3.8) is 0 Å². The Balaban J connectivity index is 2.63. The van der Waals surface area contributed by atoms with Crippen molar-refractivity contribution in [2.45, 2.75) is 20.3 Å². The Bertz CT molecular complexity index is 287. The van der Waals surface area contributed by atoms with Crippen molar-refractivity contribution in [1.82, 2.24) is 0 Å². The lowest BCUT2D eigenvalue weighted by Gasteiger charge is -1.99. The lowest BCUT2D eigenvalue weighted by molar-refractivity contribution is 0.665. The minimum Gasteiger partial charge on any atom is -0.0836 e. The quantitative estimate of drug-likeness (QED) is 0.728. The summed E-state index contributed by atoms with van der Waals surface area (Å²) in [4.78, 5) is 0. The Morgan fingerprint density at radius 1 is 1.31 bits per heavy atom. The molecule has 0 fully saturated rings. The summed E-state index contributed by atoms with van der Waals surface area (Å²) in [5.74, 6) is 0.735. The Kier molecular flexibility index (Phi) is 4.23. The van der Waals surface area contributed by atoms with Gasteiger partial charge in [0.1, 0.15) is 0 Å². The van der Waals surface area contributed by atoms with Gasteiger partial charge in [0.2, 0.25) is 0 Å². The Hall–Kier alpha value is -0.560. The van der Waals surface area contributed by atoms with Crippen LogP contribution >= 0.6 is 15.9 Å². The minimum absolute atomic E-state index is 0.735. The summed E-state index contributed by atoms with van der Waals surface area (Å²) in [5, 5.41) is 0. The van der Waals surface area contributed by atoms with E-state index >= 15 is 0 Å². The van der Waals surface area contributed by atoms with Crippen LogP contribution < -0.4 is 0 Å². The molecule has 1 heteroatoms. The van der Waals surface area contributed by atoms with Gasteiger partial charge < -0.3 is 0 Å². The molecule has 0 saturated carbocycles. The zero-order chi connectivity index (χ0) is 9.68. The average Bonchev–Trinajstić information content (AvgIpc) is 2.08. The molecule has 0 saturated heterocycles. The molecule has 0 amide bonds. The van der Waals surface area contributed by atoms with Crippen molar-refractivity contribution in [1.29, 1.82) is 0 Å². The predicted octanol–water partition coefficient (Wildman–Crippen LogP) is 4.51. The smallest absolute Gasteiger partial charge is 0.0247 e. The molecule has 0 aliphatic heterocycles. The van der Waals surface area contributed by atoms with Gasteiger partial charge in [-0.25, -0.2) is 0 Å². The maximum absolute atomic E-state index is 3.51. The maximum atomic E-state index is 3.51. The van der Waals surface area contributed by atoms with Gasteiger partial charge in [-0.05, 0) is 24.0 Å². The zero-order valence-electron chi connectivity index (χ0n) is 8.13. The highest BCUT2D eigenvalue weighted by molar-refractivity contribution is 9.10. The molecule has 0 spiro atoms. The van der Waals surface area contributed by atoms with E-state index in [0.717, 1.165) is 16.8 Å². The van der Waals surface area contributed by atoms with Gasteiger partial charge in [-0.3, -0.25) is 0 Å². The molecule has 0 atom stereocenters. The Morgan fingerprint density at radius 3 is 2.62 bits per heavy atom. The molecule has 0 aromatic heterocycles. The molecule has 0 unspecified atom stereocenters. The summed E-state index contributed by atoms with van der Waals surface area (Å²) in [6, 6.07) is 8.26. The van der Waals surface area contributed by atoms with Gasteiger partial charge in [0.05, 0.1) is 0 Å². The van der Waals surface area contributed by atoms with Gasteiger partial charge >= 0.3 is 0 Å². The van der Waals surface area contributed by atoms with Crippen LogP contribution in [0, 0.1) is 5.92 Å². The van der Waals surface area contributed by atoms with Crippen molar-refractivity contribution in [3.05, 3.63) is 40.4 Å². The van der Waals surface area contributed by atoms with Gasteiger partial charge in [-0.15, -0.1) is 0 Å². The molecule has 0 aliphatic carbocycles. The van der Waals surface area contributed by atoms with Crippen LogP contribution in [0.3, 0.4) is 0 Å². The fraction of sp³-hybridized carbons (Fsp3) is 0.333. The number of allylic oxidation sites excluding steroid dienone is 1. The van der Waals surface area contributed by atoms with Crippen molar-refractivity contribution in [2.75, 3.05) is 0 Å². The first kappa shape index (κ1) is 10.5. The molecular formula is C12H15Br. The molecule has 0 radical (unpaired) electrons. The van der Waals surface area contributed by atoms with Crippen LogP contribution in [-0.2, 0) is 0 Å². The van der Waals surface area contributed by atoms with Crippen molar-refractivity contribution < 1.29 is 0 Å².